The summed E-state index contributed by atoms with van der Waals surface area (Å²) in [5.41, 5.74) is 1.29. The van der Waals surface area contributed by atoms with Crippen LogP contribution in [0.4, 0.5) is 24.7 Å². The molecule has 1 amide bonds. The summed E-state index contributed by atoms with van der Waals surface area (Å²) < 4.78 is 44.5. The number of hydrogen-bond acceptors (Lipinski definition) is 6. The molecule has 7 nitrogen and oxygen atoms in total. The first-order valence-electron chi connectivity index (χ1n) is 11.9. The van der Waals surface area contributed by atoms with Gasteiger partial charge in [-0.2, -0.15) is 13.2 Å². The second-order valence-corrected chi connectivity index (χ2v) is 8.96. The van der Waals surface area contributed by atoms with E-state index in [1.54, 1.807) is 24.4 Å². The van der Waals surface area contributed by atoms with E-state index in [4.69, 9.17) is 4.74 Å². The molecule has 3 aromatic rings. The number of anilines is 2. The molecule has 0 saturated carbocycles. The number of likely N-dealkylation sites (tertiary alicyclic amines) is 1. The number of amides is 1. The van der Waals surface area contributed by atoms with Gasteiger partial charge in [0.15, 0.2) is 0 Å². The summed E-state index contributed by atoms with van der Waals surface area (Å²) in [6, 6.07) is 9.52. The molecule has 2 aliphatic rings. The molecule has 36 heavy (non-hydrogen) atoms. The number of hydrogen-bond donors (Lipinski definition) is 2. The zero-order valence-corrected chi connectivity index (χ0v) is 19.7. The molecule has 0 bridgehead atoms. The third-order valence-electron chi connectivity index (χ3n) is 6.40. The molecule has 3 heterocycles. The van der Waals surface area contributed by atoms with Gasteiger partial charge in [0.2, 0.25) is 0 Å². The number of rotatable bonds is 5. The number of nitrogens with zero attached hydrogens (tertiary/aromatic N) is 3. The smallest absolute Gasteiger partial charge is 0.416 e. The second kappa shape index (κ2) is 9.67. The molecule has 2 aliphatic heterocycles. The van der Waals surface area contributed by atoms with Gasteiger partial charge >= 0.3 is 6.18 Å². The Balaban J connectivity index is 1.43. The summed E-state index contributed by atoms with van der Waals surface area (Å²) in [6.07, 6.45) is 0.0630. The molecule has 188 valence electrons. The van der Waals surface area contributed by atoms with Crippen molar-refractivity contribution in [2.24, 2.45) is 0 Å². The highest BCUT2D eigenvalue weighted by Gasteiger charge is 2.30. The van der Waals surface area contributed by atoms with Gasteiger partial charge in [0, 0.05) is 37.1 Å². The van der Waals surface area contributed by atoms with Gasteiger partial charge in [-0.15, -0.1) is 0 Å². The topological polar surface area (TPSA) is 79.4 Å². The van der Waals surface area contributed by atoms with Crippen molar-refractivity contribution in [1.29, 1.82) is 0 Å². The van der Waals surface area contributed by atoms with Crippen LogP contribution in [0.1, 0.15) is 52.6 Å². The molecule has 1 unspecified atom stereocenters. The first kappa shape index (κ1) is 23.9. The van der Waals surface area contributed by atoms with Crippen molar-refractivity contribution in [1.82, 2.24) is 14.9 Å². The minimum absolute atomic E-state index is 0.0892. The van der Waals surface area contributed by atoms with Crippen LogP contribution in [0.15, 0.2) is 48.7 Å². The van der Waals surface area contributed by atoms with Crippen molar-refractivity contribution in [2.75, 3.05) is 30.3 Å². The molecule has 2 N–H and O–H groups in total. The van der Waals surface area contributed by atoms with Crippen molar-refractivity contribution in [2.45, 2.75) is 38.4 Å². The highest BCUT2D eigenvalue weighted by atomic mass is 19.4. The van der Waals surface area contributed by atoms with E-state index in [9.17, 15) is 18.0 Å². The molecule has 1 saturated heterocycles. The van der Waals surface area contributed by atoms with Crippen LogP contribution in [-0.4, -0.2) is 40.4 Å². The third-order valence-corrected chi connectivity index (χ3v) is 6.40. The molecular formula is C26H26F3N5O2. The van der Waals surface area contributed by atoms with Crippen molar-refractivity contribution in [3.8, 4) is 11.5 Å². The molecule has 1 atom stereocenters. The summed E-state index contributed by atoms with van der Waals surface area (Å²) in [5, 5.41) is 6.79. The van der Waals surface area contributed by atoms with Gasteiger partial charge in [-0.25, -0.2) is 9.97 Å². The number of fused-ring (bicyclic) bond motifs is 1. The molecule has 1 aromatic heterocycles. The number of alkyl halides is 3. The predicted octanol–water partition coefficient (Wildman–Crippen LogP) is 5.80. The zero-order chi connectivity index (χ0) is 25.3. The SMILES string of the molecule is Cc1ncc2c(n1)NCCC2Nc1ccc(Oc2ccc(C(F)(F)F)cc2)cc1C(=O)N1CCCC1. The largest absolute Gasteiger partial charge is 0.457 e. The van der Waals surface area contributed by atoms with Gasteiger partial charge in [-0.1, -0.05) is 0 Å². The average Bonchev–Trinajstić information content (AvgIpc) is 3.39. The molecule has 0 radical (unpaired) electrons. The van der Waals surface area contributed by atoms with Crippen LogP contribution in [-0.2, 0) is 6.18 Å². The van der Waals surface area contributed by atoms with E-state index in [-0.39, 0.29) is 17.7 Å². The third kappa shape index (κ3) is 5.07. The fraction of sp³-hybridized carbons (Fsp3) is 0.346. The lowest BCUT2D eigenvalue weighted by molar-refractivity contribution is -0.137. The highest BCUT2D eigenvalue weighted by Crippen LogP contribution is 2.35. The molecule has 1 fully saturated rings. The van der Waals surface area contributed by atoms with Crippen LogP contribution in [0.25, 0.3) is 0 Å². The summed E-state index contributed by atoms with van der Waals surface area (Å²) in [5.74, 6) is 1.97. The van der Waals surface area contributed by atoms with Crippen LogP contribution >= 0.6 is 0 Å². The fourth-order valence-electron chi connectivity index (χ4n) is 4.53. The molecule has 0 spiro atoms. The number of aromatic nitrogens is 2. The van der Waals surface area contributed by atoms with Crippen LogP contribution in [0.2, 0.25) is 0 Å². The number of benzene rings is 2. The van der Waals surface area contributed by atoms with Crippen molar-refractivity contribution >= 4 is 17.4 Å². The van der Waals surface area contributed by atoms with Gasteiger partial charge < -0.3 is 20.3 Å². The minimum Gasteiger partial charge on any atom is -0.457 e. The lowest BCUT2D eigenvalue weighted by Gasteiger charge is -2.28. The number of nitrogens with one attached hydrogen (secondary N) is 2. The Morgan fingerprint density at radius 1 is 1.11 bits per heavy atom. The summed E-state index contributed by atoms with van der Waals surface area (Å²) >= 11 is 0. The zero-order valence-electron chi connectivity index (χ0n) is 19.7. The van der Waals surface area contributed by atoms with Crippen molar-refractivity contribution in [3.63, 3.8) is 0 Å². The van der Waals surface area contributed by atoms with E-state index in [1.807, 2.05) is 11.8 Å². The van der Waals surface area contributed by atoms with Crippen LogP contribution in [0.5, 0.6) is 11.5 Å². The monoisotopic (exact) mass is 497 g/mol. The number of ether oxygens (including phenoxy) is 1. The molecule has 5 rings (SSSR count). The Kier molecular flexibility index (Phi) is 6.42. The lowest BCUT2D eigenvalue weighted by Crippen LogP contribution is -2.29. The van der Waals surface area contributed by atoms with Gasteiger partial charge in [-0.3, -0.25) is 4.79 Å². The Labute approximate surface area is 206 Å². The van der Waals surface area contributed by atoms with E-state index in [0.29, 0.717) is 35.9 Å². The van der Waals surface area contributed by atoms with Crippen molar-refractivity contribution < 1.29 is 22.7 Å². The minimum atomic E-state index is -4.42. The van der Waals surface area contributed by atoms with Gasteiger partial charge in [0.05, 0.1) is 17.2 Å². The van der Waals surface area contributed by atoms with E-state index in [0.717, 1.165) is 49.3 Å². The summed E-state index contributed by atoms with van der Waals surface area (Å²) in [4.78, 5) is 24.0. The molecule has 10 heteroatoms. The standard InChI is InChI=1S/C26H26F3N5O2/c1-16-31-15-21-23(10-11-30-24(21)32-16)33-22-9-8-19(14-20(22)25(35)34-12-2-3-13-34)36-18-6-4-17(5-7-18)26(27,28)29/h4-9,14-15,23,33H,2-3,10-13H2,1H3,(H,30,31,32). The first-order valence-corrected chi connectivity index (χ1v) is 11.9. The Bertz CT molecular complexity index is 1260. The van der Waals surface area contributed by atoms with Gasteiger partial charge in [-0.05, 0) is 68.7 Å². The lowest BCUT2D eigenvalue weighted by atomic mass is 10.0. The Morgan fingerprint density at radius 2 is 1.83 bits per heavy atom. The first-order chi connectivity index (χ1) is 17.3. The Morgan fingerprint density at radius 3 is 2.56 bits per heavy atom. The maximum atomic E-state index is 13.4. The van der Waals surface area contributed by atoms with Crippen LogP contribution in [0.3, 0.4) is 0 Å². The summed E-state index contributed by atoms with van der Waals surface area (Å²) in [6.45, 7) is 3.93. The number of halogens is 3. The normalized spacial score (nSPS) is 17.3. The van der Waals surface area contributed by atoms with Gasteiger partial charge in [0.25, 0.3) is 5.91 Å². The predicted molar refractivity (Wildman–Crippen MR) is 129 cm³/mol. The number of aryl methyl sites for hydroxylation is 1. The second-order valence-electron chi connectivity index (χ2n) is 8.96. The number of carbonyl (C=O) groups excluding carboxylic acids is 1. The molecule has 0 aliphatic carbocycles. The van der Waals surface area contributed by atoms with Crippen LogP contribution < -0.4 is 15.4 Å². The maximum Gasteiger partial charge on any atom is 0.416 e. The van der Waals surface area contributed by atoms with E-state index < -0.39 is 11.7 Å². The van der Waals surface area contributed by atoms with E-state index >= 15 is 0 Å². The van der Waals surface area contributed by atoms with Crippen molar-refractivity contribution in [3.05, 3.63) is 71.2 Å². The van der Waals surface area contributed by atoms with E-state index in [2.05, 4.69) is 20.6 Å². The molecule has 2 aromatic carbocycles. The molecular weight excluding hydrogens is 471 g/mol. The van der Waals surface area contributed by atoms with Gasteiger partial charge in [0.1, 0.15) is 23.1 Å². The van der Waals surface area contributed by atoms with E-state index in [1.165, 1.54) is 12.1 Å². The number of carbonyl (C=O) groups is 1. The quantitative estimate of drug-likeness (QED) is 0.464. The van der Waals surface area contributed by atoms with Crippen LogP contribution in [0, 0.1) is 6.92 Å². The maximum absolute atomic E-state index is 13.4. The fourth-order valence-corrected chi connectivity index (χ4v) is 4.53. The highest BCUT2D eigenvalue weighted by molar-refractivity contribution is 6.00. The Hall–Kier alpha value is -3.82. The summed E-state index contributed by atoms with van der Waals surface area (Å²) in [7, 11) is 0. The average molecular weight is 498 g/mol.